The van der Waals surface area contributed by atoms with E-state index < -0.39 is 0 Å². The molecule has 0 aromatic carbocycles. The summed E-state index contributed by atoms with van der Waals surface area (Å²) >= 11 is 0. The number of nitrogens with one attached hydrogen (secondary N) is 2. The van der Waals surface area contributed by atoms with E-state index in [1.54, 1.807) is 0 Å². The van der Waals surface area contributed by atoms with E-state index in [0.717, 1.165) is 18.7 Å². The lowest BCUT2D eigenvalue weighted by atomic mass is 10.1. The average molecular weight is 174 g/mol. The number of hydrogen-bond donors (Lipinski definition) is 2. The molecule has 1 aliphatic heterocycles. The van der Waals surface area contributed by atoms with Crippen LogP contribution in [-0.2, 0) is 0 Å². The molecule has 1 atom stereocenters. The van der Waals surface area contributed by atoms with Gasteiger partial charge in [0.25, 0.3) is 0 Å². The molecule has 0 bridgehead atoms. The third-order valence-corrected chi connectivity index (χ3v) is 1.77. The Bertz CT molecular complexity index is 155. The minimum absolute atomic E-state index is 0. The van der Waals surface area contributed by atoms with E-state index in [4.69, 9.17) is 5.53 Å². The molecule has 1 fully saturated rings. The van der Waals surface area contributed by atoms with Gasteiger partial charge in [-0.15, -0.1) is 5.10 Å². The van der Waals surface area contributed by atoms with Gasteiger partial charge in [-0.05, 0) is 26.3 Å². The molecule has 0 aromatic heterocycles. The Balaban J connectivity index is -0.000000284. The lowest BCUT2D eigenvalue weighted by Crippen LogP contribution is -2.28. The zero-order chi connectivity index (χ0) is 9.40. The highest BCUT2D eigenvalue weighted by Crippen LogP contribution is 2.06. The molecule has 0 amide bonds. The molecule has 0 saturated carbocycles. The van der Waals surface area contributed by atoms with E-state index in [9.17, 15) is 0 Å². The molecule has 4 nitrogen and oxygen atoms in total. The van der Waals surface area contributed by atoms with Gasteiger partial charge in [-0.25, -0.2) is 0 Å². The number of rotatable bonds is 2. The molecule has 0 radical (unpaired) electrons. The molecule has 74 valence electrons. The molecule has 0 aliphatic carbocycles. The minimum atomic E-state index is 0. The van der Waals surface area contributed by atoms with E-state index in [0.29, 0.717) is 6.04 Å². The first kappa shape index (κ1) is 11.2. The summed E-state index contributed by atoms with van der Waals surface area (Å²) < 4.78 is 0. The van der Waals surface area contributed by atoms with Crippen molar-refractivity contribution in [3.8, 4) is 0 Å². The molecule has 2 N–H and O–H groups in total. The monoisotopic (exact) mass is 174 g/mol. The second kappa shape index (κ2) is 6.91. The maximum Gasteiger partial charge on any atom is 0.0562 e. The summed E-state index contributed by atoms with van der Waals surface area (Å²) in [7, 11) is 0. The molecule has 0 unspecified atom stereocenters. The lowest BCUT2D eigenvalue weighted by molar-refractivity contribution is 0.751. The molecular weight excluding hydrogens is 152 g/mol. The zero-order valence-corrected chi connectivity index (χ0v) is 8.09. The van der Waals surface area contributed by atoms with E-state index in [2.05, 4.69) is 15.6 Å². The van der Waals surface area contributed by atoms with Crippen LogP contribution in [0, 0.1) is 5.53 Å². The van der Waals surface area contributed by atoms with Crippen molar-refractivity contribution in [2.45, 2.75) is 39.7 Å². The van der Waals surface area contributed by atoms with Crippen molar-refractivity contribution in [3.63, 3.8) is 0 Å². The summed E-state index contributed by atoms with van der Waals surface area (Å²) in [5.41, 5.74) is 7.43. The third kappa shape index (κ3) is 3.57. The van der Waals surface area contributed by atoms with Crippen molar-refractivity contribution in [1.29, 1.82) is 5.53 Å². The fraction of sp³-hybridized carbons (Fsp3) is 0.875. The Labute approximate surface area is 76.9 Å². The van der Waals surface area contributed by atoms with Crippen LogP contribution < -0.4 is 5.32 Å². The first-order chi connectivity index (χ1) is 5.84. The Morgan fingerprint density at radius 1 is 1.58 bits per heavy atom. The van der Waals surface area contributed by atoms with E-state index in [1.165, 1.54) is 6.42 Å². The summed E-state index contributed by atoms with van der Waals surface area (Å²) in [6.07, 6.45) is 2.33. The number of hydrogen-bond acceptors (Lipinski definition) is 3. The summed E-state index contributed by atoms with van der Waals surface area (Å²) in [5.74, 6) is 0. The highest BCUT2D eigenvalue weighted by atomic mass is 15.3. The van der Waals surface area contributed by atoms with Crippen LogP contribution in [0.4, 0.5) is 0 Å². The quantitative estimate of drug-likeness (QED) is 0.377. The molecule has 1 rings (SSSR count). The third-order valence-electron chi connectivity index (χ3n) is 1.77. The van der Waals surface area contributed by atoms with Gasteiger partial charge in [-0.1, -0.05) is 19.1 Å². The van der Waals surface area contributed by atoms with Crippen LogP contribution in [0.15, 0.2) is 10.3 Å². The summed E-state index contributed by atoms with van der Waals surface area (Å²) in [5, 5.41) is 9.90. The fourth-order valence-corrected chi connectivity index (χ4v) is 1.19. The smallest absolute Gasteiger partial charge is 0.0562 e. The van der Waals surface area contributed by atoms with Gasteiger partial charge in [0.05, 0.1) is 5.71 Å². The lowest BCUT2D eigenvalue weighted by Gasteiger charge is -2.05. The Morgan fingerprint density at radius 2 is 2.25 bits per heavy atom. The van der Waals surface area contributed by atoms with Gasteiger partial charge in [0.2, 0.25) is 0 Å². The van der Waals surface area contributed by atoms with Gasteiger partial charge in [0.15, 0.2) is 0 Å². The van der Waals surface area contributed by atoms with Crippen LogP contribution >= 0.6 is 0 Å². The van der Waals surface area contributed by atoms with Crippen LogP contribution in [0.1, 0.15) is 36.5 Å². The molecule has 1 heterocycles. The molecule has 1 saturated heterocycles. The van der Waals surface area contributed by atoms with Crippen molar-refractivity contribution in [2.75, 3.05) is 6.54 Å². The number of nitrogens with zero attached hydrogens (tertiary/aromatic N) is 2. The van der Waals surface area contributed by atoms with Crippen LogP contribution in [0.25, 0.3) is 0 Å². The SMILES string of the molecule is C/C(=N\N=N)[C@@H]1CCCN1.CC.[HH].[HH]. The van der Waals surface area contributed by atoms with E-state index >= 15 is 0 Å². The predicted octanol–water partition coefficient (Wildman–Crippen LogP) is 2.66. The standard InChI is InChI=1S/C6H12N4.C2H6.2H2/c1-5(9-10-7)6-3-2-4-8-6;1-2;;/h6-8H,2-4H2,1H3;1-2H3;2*1H/b9-5+,10-7?;;;/t6-;;;/m0.../s1. The summed E-state index contributed by atoms with van der Waals surface area (Å²) in [6.45, 7) is 6.97. The van der Waals surface area contributed by atoms with Gasteiger partial charge >= 0.3 is 0 Å². The second-order valence-corrected chi connectivity index (χ2v) is 2.49. The highest BCUT2D eigenvalue weighted by Gasteiger charge is 2.16. The van der Waals surface area contributed by atoms with E-state index in [-0.39, 0.29) is 2.85 Å². The van der Waals surface area contributed by atoms with Gasteiger partial charge < -0.3 is 5.32 Å². The van der Waals surface area contributed by atoms with Crippen molar-refractivity contribution in [3.05, 3.63) is 0 Å². The maximum absolute atomic E-state index is 6.51. The van der Waals surface area contributed by atoms with Crippen molar-refractivity contribution < 1.29 is 2.85 Å². The van der Waals surface area contributed by atoms with Crippen molar-refractivity contribution >= 4 is 5.71 Å². The van der Waals surface area contributed by atoms with Gasteiger partial charge in [-0.2, -0.15) is 5.53 Å². The molecule has 0 aromatic rings. The van der Waals surface area contributed by atoms with Gasteiger partial charge in [0.1, 0.15) is 0 Å². The molecule has 12 heavy (non-hydrogen) atoms. The molecular formula is C8H22N4. The maximum atomic E-state index is 6.51. The van der Waals surface area contributed by atoms with Crippen molar-refractivity contribution in [2.24, 2.45) is 10.3 Å². The highest BCUT2D eigenvalue weighted by molar-refractivity contribution is 5.87. The molecule has 4 heteroatoms. The predicted molar refractivity (Wildman–Crippen MR) is 54.9 cm³/mol. The van der Waals surface area contributed by atoms with Crippen LogP contribution in [0.2, 0.25) is 0 Å². The molecule has 0 spiro atoms. The first-order valence-electron chi connectivity index (χ1n) is 4.49. The average Bonchev–Trinajstić information content (AvgIpc) is 2.60. The normalized spacial score (nSPS) is 22.9. The second-order valence-electron chi connectivity index (χ2n) is 2.49. The van der Waals surface area contributed by atoms with Gasteiger partial charge in [-0.3, -0.25) is 0 Å². The summed E-state index contributed by atoms with van der Waals surface area (Å²) in [6, 6.07) is 0.370. The van der Waals surface area contributed by atoms with Crippen molar-refractivity contribution in [1.82, 2.24) is 5.32 Å². The Kier molecular flexibility index (Phi) is 6.47. The van der Waals surface area contributed by atoms with Crippen LogP contribution in [-0.4, -0.2) is 18.3 Å². The molecule has 1 aliphatic rings. The topological polar surface area (TPSA) is 60.6 Å². The minimum Gasteiger partial charge on any atom is -0.309 e. The van der Waals surface area contributed by atoms with Crippen LogP contribution in [0.3, 0.4) is 0 Å². The zero-order valence-electron chi connectivity index (χ0n) is 8.09. The Hall–Kier alpha value is -0.770. The first-order valence-corrected chi connectivity index (χ1v) is 4.49. The Morgan fingerprint density at radius 3 is 2.67 bits per heavy atom. The van der Waals surface area contributed by atoms with Crippen LogP contribution in [0.5, 0.6) is 0 Å². The van der Waals surface area contributed by atoms with E-state index in [1.807, 2.05) is 20.8 Å². The largest absolute Gasteiger partial charge is 0.309 e. The fourth-order valence-electron chi connectivity index (χ4n) is 1.19. The van der Waals surface area contributed by atoms with Gasteiger partial charge in [0, 0.05) is 8.90 Å². The summed E-state index contributed by atoms with van der Waals surface area (Å²) in [4.78, 5) is 0.